The van der Waals surface area contributed by atoms with E-state index in [0.29, 0.717) is 12.4 Å². The van der Waals surface area contributed by atoms with E-state index in [0.717, 1.165) is 28.2 Å². The number of nitrogens with one attached hydrogen (secondary N) is 2. The van der Waals surface area contributed by atoms with Crippen molar-refractivity contribution in [1.82, 2.24) is 20.2 Å². The lowest BCUT2D eigenvalue weighted by Gasteiger charge is -2.09. The van der Waals surface area contributed by atoms with E-state index in [4.69, 9.17) is 4.42 Å². The smallest absolute Gasteiger partial charge is 0.247 e. The zero-order valence-corrected chi connectivity index (χ0v) is 11.3. The van der Waals surface area contributed by atoms with Gasteiger partial charge in [-0.25, -0.2) is 4.98 Å². The molecule has 0 amide bonds. The zero-order chi connectivity index (χ0) is 13.9. The van der Waals surface area contributed by atoms with Crippen LogP contribution in [0.1, 0.15) is 17.0 Å². The first-order valence-electron chi connectivity index (χ1n) is 6.34. The van der Waals surface area contributed by atoms with Gasteiger partial charge in [-0.15, -0.1) is 10.2 Å². The van der Waals surface area contributed by atoms with Crippen molar-refractivity contribution in [3.63, 3.8) is 0 Å². The number of nitrogens with zero attached hydrogens (tertiary/aromatic N) is 3. The van der Waals surface area contributed by atoms with Gasteiger partial charge in [-0.1, -0.05) is 0 Å². The lowest BCUT2D eigenvalue weighted by atomic mass is 10.1. The molecule has 0 bridgehead atoms. The van der Waals surface area contributed by atoms with E-state index in [1.54, 1.807) is 6.33 Å². The van der Waals surface area contributed by atoms with Crippen molar-refractivity contribution in [1.29, 1.82) is 0 Å². The first kappa shape index (κ1) is 12.4. The highest BCUT2D eigenvalue weighted by Gasteiger charge is 2.07. The van der Waals surface area contributed by atoms with Crippen LogP contribution in [0.15, 0.2) is 35.3 Å². The van der Waals surface area contributed by atoms with Crippen LogP contribution in [0.4, 0.5) is 5.69 Å². The number of benzene rings is 1. The minimum atomic E-state index is 0.530. The van der Waals surface area contributed by atoms with Gasteiger partial charge in [-0.2, -0.15) is 0 Å². The Labute approximate surface area is 116 Å². The molecule has 2 N–H and O–H groups in total. The Bertz CT molecular complexity index is 702. The molecule has 3 aromatic rings. The molecule has 0 fully saturated rings. The summed E-state index contributed by atoms with van der Waals surface area (Å²) in [6.45, 7) is 4.74. The number of H-pyrrole nitrogens is 1. The molecule has 0 atom stereocenters. The number of aromatic nitrogens is 4. The summed E-state index contributed by atoms with van der Waals surface area (Å²) in [7, 11) is 0. The quantitative estimate of drug-likeness (QED) is 0.761. The van der Waals surface area contributed by atoms with Crippen molar-refractivity contribution >= 4 is 5.69 Å². The van der Waals surface area contributed by atoms with Gasteiger partial charge in [-0.3, -0.25) is 0 Å². The molecule has 3 rings (SSSR count). The van der Waals surface area contributed by atoms with Gasteiger partial charge < -0.3 is 14.7 Å². The molecule has 0 aliphatic carbocycles. The van der Waals surface area contributed by atoms with E-state index in [9.17, 15) is 0 Å². The van der Waals surface area contributed by atoms with Crippen LogP contribution in [0.3, 0.4) is 0 Å². The Kier molecular flexibility index (Phi) is 3.20. The molecule has 6 heteroatoms. The Hall–Kier alpha value is -2.63. The van der Waals surface area contributed by atoms with E-state index in [2.05, 4.69) is 25.5 Å². The highest BCUT2D eigenvalue weighted by molar-refractivity contribution is 5.62. The molecule has 1 aromatic carbocycles. The van der Waals surface area contributed by atoms with Crippen LogP contribution in [0.5, 0.6) is 0 Å². The van der Waals surface area contributed by atoms with Crippen LogP contribution in [-0.2, 0) is 6.54 Å². The molecule has 0 aliphatic heterocycles. The Morgan fingerprint density at radius 3 is 2.85 bits per heavy atom. The van der Waals surface area contributed by atoms with Crippen molar-refractivity contribution in [2.45, 2.75) is 20.4 Å². The van der Waals surface area contributed by atoms with E-state index < -0.39 is 0 Å². The number of anilines is 1. The maximum Gasteiger partial charge on any atom is 0.247 e. The van der Waals surface area contributed by atoms with Crippen LogP contribution in [0.2, 0.25) is 0 Å². The third-order valence-corrected chi connectivity index (χ3v) is 3.21. The lowest BCUT2D eigenvalue weighted by Crippen LogP contribution is -2.02. The van der Waals surface area contributed by atoms with E-state index in [-0.39, 0.29) is 0 Å². The summed E-state index contributed by atoms with van der Waals surface area (Å²) in [6, 6.07) is 5.99. The van der Waals surface area contributed by atoms with E-state index >= 15 is 0 Å². The van der Waals surface area contributed by atoms with Gasteiger partial charge in [0.1, 0.15) is 0 Å². The molecule has 0 unspecified atom stereocenters. The minimum Gasteiger partial charge on any atom is -0.423 e. The standard InChI is InChI=1S/C14H15N5O/c1-9-5-11(14-19-18-8-20-14)3-4-12(9)15-6-13-10(2)16-7-17-13/h3-5,7-8,15H,6H2,1-2H3,(H,16,17). The van der Waals surface area contributed by atoms with Gasteiger partial charge in [-0.05, 0) is 37.6 Å². The molecule has 20 heavy (non-hydrogen) atoms. The molecule has 0 radical (unpaired) electrons. The summed E-state index contributed by atoms with van der Waals surface area (Å²) in [5, 5.41) is 11.0. The average Bonchev–Trinajstić information content (AvgIpc) is 3.09. The van der Waals surface area contributed by atoms with Gasteiger partial charge in [0.25, 0.3) is 0 Å². The first-order valence-corrected chi connectivity index (χ1v) is 6.34. The number of hydrogen-bond acceptors (Lipinski definition) is 5. The zero-order valence-electron chi connectivity index (χ0n) is 11.3. The predicted octanol–water partition coefficient (Wildman–Crippen LogP) is 2.69. The number of aromatic amines is 1. The van der Waals surface area contributed by atoms with Crippen LogP contribution in [0, 0.1) is 13.8 Å². The van der Waals surface area contributed by atoms with Gasteiger partial charge in [0.2, 0.25) is 12.3 Å². The third-order valence-electron chi connectivity index (χ3n) is 3.21. The van der Waals surface area contributed by atoms with Crippen molar-refractivity contribution in [3.05, 3.63) is 47.9 Å². The lowest BCUT2D eigenvalue weighted by molar-refractivity contribution is 0.568. The molecule has 0 saturated carbocycles. The van der Waals surface area contributed by atoms with Crippen LogP contribution in [0.25, 0.3) is 11.5 Å². The molecular weight excluding hydrogens is 254 g/mol. The van der Waals surface area contributed by atoms with Crippen molar-refractivity contribution in [3.8, 4) is 11.5 Å². The van der Waals surface area contributed by atoms with Gasteiger partial charge >= 0.3 is 0 Å². The Balaban J connectivity index is 1.76. The van der Waals surface area contributed by atoms with Crippen molar-refractivity contribution in [2.75, 3.05) is 5.32 Å². The van der Waals surface area contributed by atoms with Crippen LogP contribution < -0.4 is 5.32 Å². The molecule has 0 aliphatic rings. The number of hydrogen-bond donors (Lipinski definition) is 2. The SMILES string of the molecule is Cc1cc(-c2nnco2)ccc1NCc1nc[nH]c1C. The molecule has 102 valence electrons. The maximum absolute atomic E-state index is 5.19. The fourth-order valence-corrected chi connectivity index (χ4v) is 2.04. The monoisotopic (exact) mass is 269 g/mol. The summed E-state index contributed by atoms with van der Waals surface area (Å²) in [5.74, 6) is 0.530. The van der Waals surface area contributed by atoms with Crippen LogP contribution in [-0.4, -0.2) is 20.2 Å². The highest BCUT2D eigenvalue weighted by Crippen LogP contribution is 2.23. The van der Waals surface area contributed by atoms with Gasteiger partial charge in [0, 0.05) is 16.9 Å². The van der Waals surface area contributed by atoms with Crippen molar-refractivity contribution in [2.24, 2.45) is 0 Å². The molecule has 2 aromatic heterocycles. The molecular formula is C14H15N5O. The summed E-state index contributed by atoms with van der Waals surface area (Å²) in [5.41, 5.74) is 5.20. The molecule has 0 saturated heterocycles. The van der Waals surface area contributed by atoms with E-state index in [1.165, 1.54) is 6.39 Å². The minimum absolute atomic E-state index is 0.530. The molecule has 6 nitrogen and oxygen atoms in total. The molecule has 2 heterocycles. The van der Waals surface area contributed by atoms with Crippen molar-refractivity contribution < 1.29 is 4.42 Å². The number of rotatable bonds is 4. The summed E-state index contributed by atoms with van der Waals surface area (Å²) in [4.78, 5) is 7.34. The number of aryl methyl sites for hydroxylation is 2. The fraction of sp³-hybridized carbons (Fsp3) is 0.214. The Morgan fingerprint density at radius 1 is 1.30 bits per heavy atom. The number of imidazole rings is 1. The molecule has 0 spiro atoms. The second-order valence-corrected chi connectivity index (χ2v) is 4.60. The summed E-state index contributed by atoms with van der Waals surface area (Å²) >= 11 is 0. The second kappa shape index (κ2) is 5.16. The fourth-order valence-electron chi connectivity index (χ4n) is 2.04. The van der Waals surface area contributed by atoms with Crippen LogP contribution >= 0.6 is 0 Å². The average molecular weight is 269 g/mol. The normalized spacial score (nSPS) is 10.7. The largest absolute Gasteiger partial charge is 0.423 e. The summed E-state index contributed by atoms with van der Waals surface area (Å²) < 4.78 is 5.19. The highest BCUT2D eigenvalue weighted by atomic mass is 16.4. The van der Waals surface area contributed by atoms with E-state index in [1.807, 2.05) is 32.0 Å². The first-order chi connectivity index (χ1) is 9.74. The van der Waals surface area contributed by atoms with Gasteiger partial charge in [0.15, 0.2) is 0 Å². The predicted molar refractivity (Wildman–Crippen MR) is 75.1 cm³/mol. The maximum atomic E-state index is 5.19. The Morgan fingerprint density at radius 2 is 2.20 bits per heavy atom. The topological polar surface area (TPSA) is 79.6 Å². The summed E-state index contributed by atoms with van der Waals surface area (Å²) in [6.07, 6.45) is 3.04. The second-order valence-electron chi connectivity index (χ2n) is 4.60. The van der Waals surface area contributed by atoms with Gasteiger partial charge in [0.05, 0.1) is 18.6 Å². The third kappa shape index (κ3) is 2.40.